The van der Waals surface area contributed by atoms with Crippen molar-refractivity contribution < 1.29 is 8.42 Å². The van der Waals surface area contributed by atoms with Gasteiger partial charge in [-0.15, -0.1) is 0 Å². The van der Waals surface area contributed by atoms with Crippen LogP contribution in [0.25, 0.3) is 0 Å². The second kappa shape index (κ2) is 5.01. The normalized spacial score (nSPS) is 39.8. The van der Waals surface area contributed by atoms with E-state index in [0.717, 1.165) is 38.4 Å². The fraction of sp³-hybridized carbons (Fsp3) is 1.00. The third-order valence-corrected chi connectivity index (χ3v) is 7.59. The van der Waals surface area contributed by atoms with Crippen molar-refractivity contribution in [2.45, 2.75) is 51.0 Å². The Morgan fingerprint density at radius 1 is 1.26 bits per heavy atom. The molecule has 5 heteroatoms. The lowest BCUT2D eigenvalue weighted by atomic mass is 9.60. The van der Waals surface area contributed by atoms with Crippen molar-refractivity contribution in [1.29, 1.82) is 0 Å². The molecular weight excluding hydrogens is 260 g/mol. The Labute approximate surface area is 117 Å². The van der Waals surface area contributed by atoms with Gasteiger partial charge in [0.1, 0.15) is 0 Å². The van der Waals surface area contributed by atoms with E-state index in [0.29, 0.717) is 17.2 Å². The molecule has 0 spiro atoms. The van der Waals surface area contributed by atoms with Crippen molar-refractivity contribution in [2.75, 3.05) is 25.4 Å². The number of piperidine rings is 1. The highest BCUT2D eigenvalue weighted by molar-refractivity contribution is 7.89. The molecule has 3 atom stereocenters. The lowest BCUT2D eigenvalue weighted by molar-refractivity contribution is 0.0353. The molecule has 2 aliphatic heterocycles. The molecule has 0 amide bonds. The molecule has 4 nitrogen and oxygen atoms in total. The van der Waals surface area contributed by atoms with Crippen LogP contribution in [-0.2, 0) is 10.0 Å². The van der Waals surface area contributed by atoms with Gasteiger partial charge in [-0.2, -0.15) is 0 Å². The molecule has 19 heavy (non-hydrogen) atoms. The van der Waals surface area contributed by atoms with Gasteiger partial charge in [0, 0.05) is 18.6 Å². The minimum Gasteiger partial charge on any atom is -0.311 e. The first-order chi connectivity index (χ1) is 9.08. The molecule has 1 N–H and O–H groups in total. The van der Waals surface area contributed by atoms with E-state index in [-0.39, 0.29) is 0 Å². The van der Waals surface area contributed by atoms with E-state index in [1.54, 1.807) is 4.31 Å². The fourth-order valence-electron chi connectivity index (χ4n) is 4.46. The van der Waals surface area contributed by atoms with Crippen molar-refractivity contribution in [3.63, 3.8) is 0 Å². The second-order valence-corrected chi connectivity index (χ2v) is 8.59. The molecule has 3 rings (SSSR count). The van der Waals surface area contributed by atoms with E-state index < -0.39 is 10.0 Å². The first kappa shape index (κ1) is 13.8. The highest BCUT2D eigenvalue weighted by Crippen LogP contribution is 2.51. The van der Waals surface area contributed by atoms with E-state index >= 15 is 0 Å². The van der Waals surface area contributed by atoms with Gasteiger partial charge in [0.05, 0.1) is 5.75 Å². The van der Waals surface area contributed by atoms with E-state index in [4.69, 9.17) is 0 Å². The molecular formula is C14H26N2O2S. The Hall–Kier alpha value is -0.130. The number of nitrogens with one attached hydrogen (secondary N) is 1. The Morgan fingerprint density at radius 3 is 2.74 bits per heavy atom. The van der Waals surface area contributed by atoms with E-state index in [1.165, 1.54) is 25.7 Å². The third kappa shape index (κ3) is 2.24. The largest absolute Gasteiger partial charge is 0.311 e. The van der Waals surface area contributed by atoms with Crippen molar-refractivity contribution in [3.05, 3.63) is 0 Å². The standard InChI is InChI=1S/C14H26N2O2S/c1-2-10-19(17,18)16-9-3-4-13(11-16)14-7-5-12(14)6-8-15-14/h12-13,15H,2-11H2,1H3. The summed E-state index contributed by atoms with van der Waals surface area (Å²) in [6, 6.07) is 0. The van der Waals surface area contributed by atoms with Crippen LogP contribution in [0, 0.1) is 11.8 Å². The van der Waals surface area contributed by atoms with Crippen molar-refractivity contribution >= 4 is 10.0 Å². The molecule has 0 radical (unpaired) electrons. The highest BCUT2D eigenvalue weighted by Gasteiger charge is 2.55. The molecule has 0 aromatic heterocycles. The van der Waals surface area contributed by atoms with E-state index in [1.807, 2.05) is 6.92 Å². The molecule has 110 valence electrons. The molecule has 3 fully saturated rings. The summed E-state index contributed by atoms with van der Waals surface area (Å²) in [5.41, 5.74) is 0.292. The summed E-state index contributed by atoms with van der Waals surface area (Å²) in [7, 11) is -3.01. The van der Waals surface area contributed by atoms with Crippen LogP contribution in [-0.4, -0.2) is 43.6 Å². The molecule has 0 bridgehead atoms. The number of hydrogen-bond acceptors (Lipinski definition) is 3. The lowest BCUT2D eigenvalue weighted by Crippen LogP contribution is -2.61. The van der Waals surface area contributed by atoms with Crippen molar-refractivity contribution in [3.8, 4) is 0 Å². The SMILES string of the molecule is CCCS(=O)(=O)N1CCCC(C23CCC2CCN3)C1. The smallest absolute Gasteiger partial charge is 0.214 e. The van der Waals surface area contributed by atoms with Crippen molar-refractivity contribution in [1.82, 2.24) is 9.62 Å². The second-order valence-electron chi connectivity index (χ2n) is 6.50. The summed E-state index contributed by atoms with van der Waals surface area (Å²) in [6.45, 7) is 4.56. The van der Waals surface area contributed by atoms with Crippen LogP contribution in [0.15, 0.2) is 0 Å². The predicted octanol–water partition coefficient (Wildman–Crippen LogP) is 1.58. The predicted molar refractivity (Wildman–Crippen MR) is 76.4 cm³/mol. The van der Waals surface area contributed by atoms with Gasteiger partial charge in [-0.05, 0) is 56.9 Å². The average molecular weight is 286 g/mol. The molecule has 0 aromatic carbocycles. The highest BCUT2D eigenvalue weighted by atomic mass is 32.2. The first-order valence-electron chi connectivity index (χ1n) is 7.81. The van der Waals surface area contributed by atoms with Gasteiger partial charge in [-0.25, -0.2) is 12.7 Å². The molecule has 2 heterocycles. The van der Waals surface area contributed by atoms with Gasteiger partial charge in [0.2, 0.25) is 10.0 Å². The average Bonchev–Trinajstić information content (AvgIpc) is 2.66. The topological polar surface area (TPSA) is 49.4 Å². The maximum atomic E-state index is 12.3. The van der Waals surface area contributed by atoms with Gasteiger partial charge in [-0.3, -0.25) is 0 Å². The monoisotopic (exact) mass is 286 g/mol. The number of rotatable bonds is 4. The summed E-state index contributed by atoms with van der Waals surface area (Å²) in [4.78, 5) is 0. The molecule has 1 aliphatic carbocycles. The molecule has 3 aliphatic rings. The van der Waals surface area contributed by atoms with Crippen LogP contribution in [0.5, 0.6) is 0 Å². The summed E-state index contributed by atoms with van der Waals surface area (Å²) in [5.74, 6) is 1.66. The van der Waals surface area contributed by atoms with E-state index in [2.05, 4.69) is 5.32 Å². The Bertz CT molecular complexity index is 437. The maximum Gasteiger partial charge on any atom is 0.214 e. The Balaban J connectivity index is 1.72. The zero-order valence-electron chi connectivity index (χ0n) is 11.9. The zero-order chi connectivity index (χ0) is 13.5. The molecule has 2 saturated heterocycles. The summed E-state index contributed by atoms with van der Waals surface area (Å²) in [5, 5.41) is 3.72. The zero-order valence-corrected chi connectivity index (χ0v) is 12.7. The molecule has 1 saturated carbocycles. The number of sulfonamides is 1. The van der Waals surface area contributed by atoms with Gasteiger partial charge in [-0.1, -0.05) is 6.92 Å². The first-order valence-corrected chi connectivity index (χ1v) is 9.42. The van der Waals surface area contributed by atoms with Crippen molar-refractivity contribution in [2.24, 2.45) is 11.8 Å². The van der Waals surface area contributed by atoms with Crippen LogP contribution in [0.4, 0.5) is 0 Å². The molecule has 0 aromatic rings. The van der Waals surface area contributed by atoms with Crippen LogP contribution >= 0.6 is 0 Å². The van der Waals surface area contributed by atoms with E-state index in [9.17, 15) is 8.42 Å². The summed E-state index contributed by atoms with van der Waals surface area (Å²) in [6.07, 6.45) is 6.83. The molecule has 3 unspecified atom stereocenters. The fourth-order valence-corrected chi connectivity index (χ4v) is 6.05. The lowest BCUT2D eigenvalue weighted by Gasteiger charge is -2.53. The van der Waals surface area contributed by atoms with Crippen LogP contribution < -0.4 is 5.32 Å². The Kier molecular flexibility index (Phi) is 3.65. The van der Waals surface area contributed by atoms with Crippen LogP contribution in [0.3, 0.4) is 0 Å². The minimum absolute atomic E-state index is 0.292. The van der Waals surface area contributed by atoms with Gasteiger partial charge in [0.25, 0.3) is 0 Å². The number of nitrogens with zero attached hydrogens (tertiary/aromatic N) is 1. The quantitative estimate of drug-likeness (QED) is 0.853. The number of fused-ring (bicyclic) bond motifs is 1. The van der Waals surface area contributed by atoms with Gasteiger partial charge >= 0.3 is 0 Å². The third-order valence-electron chi connectivity index (χ3n) is 5.55. The maximum absolute atomic E-state index is 12.3. The van der Waals surface area contributed by atoms with Gasteiger partial charge in [0.15, 0.2) is 0 Å². The number of hydrogen-bond donors (Lipinski definition) is 1. The Morgan fingerprint density at radius 2 is 2.11 bits per heavy atom. The van der Waals surface area contributed by atoms with Crippen LogP contribution in [0.2, 0.25) is 0 Å². The van der Waals surface area contributed by atoms with Crippen LogP contribution in [0.1, 0.15) is 45.4 Å². The van der Waals surface area contributed by atoms with Gasteiger partial charge < -0.3 is 5.32 Å². The minimum atomic E-state index is -3.01. The summed E-state index contributed by atoms with van der Waals surface area (Å²) < 4.78 is 26.3. The summed E-state index contributed by atoms with van der Waals surface area (Å²) >= 11 is 0.